The normalized spacial score (nSPS) is 12.5. The van der Waals surface area contributed by atoms with E-state index in [0.29, 0.717) is 5.78 Å². The molecule has 0 bridgehead atoms. The van der Waals surface area contributed by atoms with Crippen molar-refractivity contribution in [2.75, 3.05) is 24.8 Å². The summed E-state index contributed by atoms with van der Waals surface area (Å²) in [5, 5.41) is 7.72. The first-order valence-electron chi connectivity index (χ1n) is 7.83. The molecule has 0 radical (unpaired) electrons. The van der Waals surface area contributed by atoms with Crippen LogP contribution in [0.4, 0.5) is 5.82 Å². The monoisotopic (exact) mass is 343 g/mol. The number of benzene rings is 1. The van der Waals surface area contributed by atoms with E-state index in [-0.39, 0.29) is 6.04 Å². The zero-order chi connectivity index (χ0) is 16.9. The number of methoxy groups -OCH3 is 1. The highest BCUT2D eigenvalue weighted by molar-refractivity contribution is 7.99. The Morgan fingerprint density at radius 1 is 1.29 bits per heavy atom. The Morgan fingerprint density at radius 2 is 2.08 bits per heavy atom. The fourth-order valence-electron chi connectivity index (χ4n) is 2.43. The minimum atomic E-state index is 0.150. The lowest BCUT2D eigenvalue weighted by Crippen LogP contribution is -2.11. The Bertz CT molecular complexity index is 802. The van der Waals surface area contributed by atoms with Crippen LogP contribution < -0.4 is 5.32 Å². The molecule has 3 rings (SSSR count). The van der Waals surface area contributed by atoms with Crippen molar-refractivity contribution in [3.63, 3.8) is 0 Å². The van der Waals surface area contributed by atoms with Gasteiger partial charge in [-0.3, -0.25) is 0 Å². The van der Waals surface area contributed by atoms with Crippen molar-refractivity contribution < 1.29 is 4.74 Å². The second kappa shape index (κ2) is 7.63. The predicted molar refractivity (Wildman–Crippen MR) is 96.6 cm³/mol. The maximum absolute atomic E-state index is 5.08. The molecule has 0 aliphatic rings. The third kappa shape index (κ3) is 3.85. The van der Waals surface area contributed by atoms with E-state index in [1.165, 1.54) is 16.8 Å². The van der Waals surface area contributed by atoms with Crippen molar-refractivity contribution >= 4 is 23.4 Å². The Hall–Kier alpha value is -2.12. The van der Waals surface area contributed by atoms with Gasteiger partial charge in [-0.15, -0.1) is 11.8 Å². The van der Waals surface area contributed by atoms with Gasteiger partial charge in [-0.05, 0) is 31.5 Å². The summed E-state index contributed by atoms with van der Waals surface area (Å²) in [5.74, 6) is 2.46. The van der Waals surface area contributed by atoms with Crippen LogP contribution in [0, 0.1) is 6.92 Å². The molecule has 2 aromatic heterocycles. The third-order valence-corrected chi connectivity index (χ3v) is 4.66. The summed E-state index contributed by atoms with van der Waals surface area (Å²) >= 11 is 1.80. The summed E-state index contributed by atoms with van der Waals surface area (Å²) in [5.41, 5.74) is 2.13. The van der Waals surface area contributed by atoms with Gasteiger partial charge in [0.2, 0.25) is 0 Å². The van der Waals surface area contributed by atoms with Crippen molar-refractivity contribution in [3.05, 3.63) is 47.9 Å². The number of rotatable bonds is 7. The summed E-state index contributed by atoms with van der Waals surface area (Å²) in [6.07, 6.45) is 1.52. The van der Waals surface area contributed by atoms with Crippen LogP contribution in [0.2, 0.25) is 0 Å². The minimum Gasteiger partial charge on any atom is -0.384 e. The Kier molecular flexibility index (Phi) is 5.32. The van der Waals surface area contributed by atoms with Crippen LogP contribution in [-0.4, -0.2) is 39.1 Å². The van der Waals surface area contributed by atoms with Gasteiger partial charge in [0.15, 0.2) is 0 Å². The molecule has 0 saturated heterocycles. The molecule has 1 atom stereocenters. The third-order valence-electron chi connectivity index (χ3n) is 3.68. The average molecular weight is 343 g/mol. The first-order valence-corrected chi connectivity index (χ1v) is 8.81. The fraction of sp³-hybridized carbons (Fsp3) is 0.353. The second-order valence-electron chi connectivity index (χ2n) is 5.53. The Labute approximate surface area is 145 Å². The molecule has 0 aliphatic carbocycles. The summed E-state index contributed by atoms with van der Waals surface area (Å²) in [4.78, 5) is 9.77. The van der Waals surface area contributed by atoms with Gasteiger partial charge in [0.25, 0.3) is 5.78 Å². The Balaban J connectivity index is 1.72. The predicted octanol–water partition coefficient (Wildman–Crippen LogP) is 3.34. The number of nitrogens with zero attached hydrogens (tertiary/aromatic N) is 4. The van der Waals surface area contributed by atoms with E-state index in [9.17, 15) is 0 Å². The molecule has 0 amide bonds. The summed E-state index contributed by atoms with van der Waals surface area (Å²) in [6.45, 7) is 4.85. The zero-order valence-corrected chi connectivity index (χ0v) is 14.9. The highest BCUT2D eigenvalue weighted by atomic mass is 32.2. The van der Waals surface area contributed by atoms with Crippen LogP contribution in [0.3, 0.4) is 0 Å². The van der Waals surface area contributed by atoms with Crippen molar-refractivity contribution in [2.45, 2.75) is 24.8 Å². The van der Waals surface area contributed by atoms with Crippen molar-refractivity contribution in [1.82, 2.24) is 19.6 Å². The van der Waals surface area contributed by atoms with Crippen LogP contribution in [-0.2, 0) is 4.74 Å². The molecule has 2 heterocycles. The number of aryl methyl sites for hydroxylation is 1. The molecule has 0 unspecified atom stereocenters. The van der Waals surface area contributed by atoms with Gasteiger partial charge >= 0.3 is 0 Å². The lowest BCUT2D eigenvalue weighted by atomic mass is 10.1. The van der Waals surface area contributed by atoms with Gasteiger partial charge in [0.05, 0.1) is 6.61 Å². The molecule has 7 heteroatoms. The van der Waals surface area contributed by atoms with E-state index in [0.717, 1.165) is 23.9 Å². The quantitative estimate of drug-likeness (QED) is 0.524. The van der Waals surface area contributed by atoms with Gasteiger partial charge < -0.3 is 10.1 Å². The maximum atomic E-state index is 5.08. The highest BCUT2D eigenvalue weighted by Crippen LogP contribution is 2.23. The van der Waals surface area contributed by atoms with Crippen molar-refractivity contribution in [3.8, 4) is 0 Å². The lowest BCUT2D eigenvalue weighted by molar-refractivity contribution is 0.218. The van der Waals surface area contributed by atoms with E-state index in [4.69, 9.17) is 4.74 Å². The van der Waals surface area contributed by atoms with Crippen LogP contribution in [0.1, 0.15) is 24.2 Å². The molecule has 1 N–H and O–H groups in total. The maximum Gasteiger partial charge on any atom is 0.254 e. The fourth-order valence-corrected chi connectivity index (χ4v) is 3.25. The topological polar surface area (TPSA) is 64.3 Å². The average Bonchev–Trinajstić information content (AvgIpc) is 3.04. The van der Waals surface area contributed by atoms with E-state index >= 15 is 0 Å². The standard InChI is InChI=1S/C17H21N5OS/c1-12-10-16(22-17(20-12)18-11-19-22)21-13(2)14-4-6-15(7-5-14)24-9-8-23-3/h4-7,10-11,13,21H,8-9H2,1-3H3/t13-/m1/s1. The number of thioether (sulfide) groups is 1. The van der Waals surface area contributed by atoms with Crippen LogP contribution >= 0.6 is 11.8 Å². The first kappa shape index (κ1) is 16.7. The molecule has 126 valence electrons. The number of anilines is 1. The number of nitrogens with one attached hydrogen (secondary N) is 1. The molecular weight excluding hydrogens is 322 g/mol. The van der Waals surface area contributed by atoms with Crippen molar-refractivity contribution in [2.24, 2.45) is 0 Å². The number of fused-ring (bicyclic) bond motifs is 1. The van der Waals surface area contributed by atoms with Gasteiger partial charge in [0.1, 0.15) is 12.1 Å². The molecule has 0 saturated carbocycles. The van der Waals surface area contributed by atoms with Gasteiger partial charge in [-0.2, -0.15) is 14.6 Å². The highest BCUT2D eigenvalue weighted by Gasteiger charge is 2.10. The van der Waals surface area contributed by atoms with Gasteiger partial charge in [-0.1, -0.05) is 12.1 Å². The number of hydrogen-bond acceptors (Lipinski definition) is 6. The van der Waals surface area contributed by atoms with Crippen molar-refractivity contribution in [1.29, 1.82) is 0 Å². The smallest absolute Gasteiger partial charge is 0.254 e. The van der Waals surface area contributed by atoms with E-state index in [2.05, 4.69) is 51.6 Å². The van der Waals surface area contributed by atoms with E-state index < -0.39 is 0 Å². The summed E-state index contributed by atoms with van der Waals surface area (Å²) in [6, 6.07) is 10.7. The molecular formula is C17H21N5OS. The second-order valence-corrected chi connectivity index (χ2v) is 6.70. The molecule has 0 aliphatic heterocycles. The minimum absolute atomic E-state index is 0.150. The number of aromatic nitrogens is 4. The summed E-state index contributed by atoms with van der Waals surface area (Å²) in [7, 11) is 1.73. The molecule has 0 fully saturated rings. The Morgan fingerprint density at radius 3 is 2.83 bits per heavy atom. The van der Waals surface area contributed by atoms with Crippen LogP contribution in [0.5, 0.6) is 0 Å². The first-order chi connectivity index (χ1) is 11.7. The lowest BCUT2D eigenvalue weighted by Gasteiger charge is -2.17. The van der Waals surface area contributed by atoms with Crippen LogP contribution in [0.25, 0.3) is 5.78 Å². The van der Waals surface area contributed by atoms with E-state index in [1.54, 1.807) is 23.4 Å². The molecule has 0 spiro atoms. The molecule has 1 aromatic carbocycles. The number of ether oxygens (including phenoxy) is 1. The largest absolute Gasteiger partial charge is 0.384 e. The summed E-state index contributed by atoms with van der Waals surface area (Å²) < 4.78 is 6.80. The molecule has 6 nitrogen and oxygen atoms in total. The molecule has 24 heavy (non-hydrogen) atoms. The molecule has 3 aromatic rings. The number of hydrogen-bond donors (Lipinski definition) is 1. The zero-order valence-electron chi connectivity index (χ0n) is 14.1. The van der Waals surface area contributed by atoms with Gasteiger partial charge in [-0.25, -0.2) is 4.98 Å². The SMILES string of the molecule is COCCSc1ccc([C@@H](C)Nc2cc(C)nc3ncnn23)cc1. The van der Waals surface area contributed by atoms with E-state index in [1.807, 2.05) is 13.0 Å². The van der Waals surface area contributed by atoms with Gasteiger partial charge in [0, 0.05) is 35.6 Å². The van der Waals surface area contributed by atoms with Crippen LogP contribution in [0.15, 0.2) is 41.6 Å².